The summed E-state index contributed by atoms with van der Waals surface area (Å²) in [4.78, 5) is 11.2. The van der Waals surface area contributed by atoms with Crippen molar-refractivity contribution >= 4 is 26.7 Å². The lowest BCUT2D eigenvalue weighted by Crippen LogP contribution is -2.35. The van der Waals surface area contributed by atoms with E-state index in [4.69, 9.17) is 9.72 Å². The Labute approximate surface area is 156 Å². The molecule has 7 heteroatoms. The van der Waals surface area contributed by atoms with Crippen LogP contribution >= 0.6 is 11.3 Å². The van der Waals surface area contributed by atoms with Crippen LogP contribution in [0.15, 0.2) is 30.6 Å². The molecule has 3 aromatic rings. The number of anilines is 1. The molecular formula is C19H21N5OS. The second-order valence-corrected chi connectivity index (χ2v) is 8.16. The van der Waals surface area contributed by atoms with E-state index in [1.165, 1.54) is 17.5 Å². The summed E-state index contributed by atoms with van der Waals surface area (Å²) in [5.41, 5.74) is 2.10. The zero-order chi connectivity index (χ0) is 17.3. The minimum Gasteiger partial charge on any atom is -0.476 e. The van der Waals surface area contributed by atoms with Crippen molar-refractivity contribution in [2.24, 2.45) is 5.92 Å². The summed E-state index contributed by atoms with van der Waals surface area (Å²) in [6.07, 6.45) is 8.39. The summed E-state index contributed by atoms with van der Waals surface area (Å²) in [6.45, 7) is 2.76. The third kappa shape index (κ3) is 3.35. The predicted octanol–water partition coefficient (Wildman–Crippen LogP) is 3.65. The van der Waals surface area contributed by atoms with Gasteiger partial charge < -0.3 is 9.64 Å². The Bertz CT molecular complexity index is 851. The van der Waals surface area contributed by atoms with Gasteiger partial charge in [0.1, 0.15) is 5.52 Å². The van der Waals surface area contributed by atoms with E-state index in [-0.39, 0.29) is 0 Å². The molecule has 0 aromatic carbocycles. The van der Waals surface area contributed by atoms with E-state index >= 15 is 0 Å². The highest BCUT2D eigenvalue weighted by atomic mass is 32.1. The molecule has 2 fully saturated rings. The van der Waals surface area contributed by atoms with Crippen LogP contribution in [-0.4, -0.2) is 39.9 Å². The van der Waals surface area contributed by atoms with Crippen molar-refractivity contribution < 1.29 is 4.74 Å². The van der Waals surface area contributed by atoms with Crippen molar-refractivity contribution in [3.8, 4) is 5.88 Å². The Morgan fingerprint density at radius 2 is 1.96 bits per heavy atom. The highest BCUT2D eigenvalue weighted by molar-refractivity contribution is 7.22. The maximum absolute atomic E-state index is 5.88. The van der Waals surface area contributed by atoms with E-state index in [1.807, 2.05) is 24.5 Å². The summed E-state index contributed by atoms with van der Waals surface area (Å²) in [6, 6.07) is 6.06. The van der Waals surface area contributed by atoms with Crippen LogP contribution in [0, 0.1) is 5.92 Å². The van der Waals surface area contributed by atoms with Gasteiger partial charge in [-0.3, -0.25) is 4.98 Å². The first-order chi connectivity index (χ1) is 12.8. The Kier molecular flexibility index (Phi) is 4.16. The fraction of sp³-hybridized carbons (Fsp3) is 0.474. The Morgan fingerprint density at radius 1 is 1.08 bits per heavy atom. The molecule has 0 atom stereocenters. The van der Waals surface area contributed by atoms with E-state index in [0.717, 1.165) is 48.9 Å². The minimum absolute atomic E-state index is 0.562. The standard InChI is InChI=1S/C19H21N5OS/c1-2-14(1)15-3-4-18(23-22-15)25-12-13-6-9-24(10-7-13)19-21-16-11-20-8-5-17(16)26-19/h3-5,8,11,13-14H,1-2,6-7,9-10,12H2. The quantitative estimate of drug-likeness (QED) is 0.686. The van der Waals surface area contributed by atoms with Gasteiger partial charge in [0.25, 0.3) is 0 Å². The van der Waals surface area contributed by atoms with E-state index in [1.54, 1.807) is 11.3 Å². The molecule has 4 heterocycles. The molecule has 3 aromatic heterocycles. The van der Waals surface area contributed by atoms with Gasteiger partial charge in [0.05, 0.1) is 23.2 Å². The first kappa shape index (κ1) is 15.9. The van der Waals surface area contributed by atoms with Gasteiger partial charge in [0.15, 0.2) is 5.13 Å². The SMILES string of the molecule is c1cc2sc(N3CCC(COc4ccc(C5CC5)nn4)CC3)nc2cn1. The van der Waals surface area contributed by atoms with E-state index in [0.29, 0.717) is 17.7 Å². The van der Waals surface area contributed by atoms with Crippen LogP contribution in [-0.2, 0) is 0 Å². The van der Waals surface area contributed by atoms with Gasteiger partial charge in [-0.05, 0) is 43.7 Å². The number of nitrogens with zero attached hydrogens (tertiary/aromatic N) is 5. The van der Waals surface area contributed by atoms with Crippen LogP contribution in [0.4, 0.5) is 5.13 Å². The molecule has 1 saturated carbocycles. The first-order valence-electron chi connectivity index (χ1n) is 9.27. The van der Waals surface area contributed by atoms with Crippen molar-refractivity contribution in [1.82, 2.24) is 20.2 Å². The van der Waals surface area contributed by atoms with Crippen molar-refractivity contribution in [2.75, 3.05) is 24.6 Å². The van der Waals surface area contributed by atoms with Crippen molar-refractivity contribution in [1.29, 1.82) is 0 Å². The summed E-state index contributed by atoms with van der Waals surface area (Å²) in [7, 11) is 0. The molecule has 0 radical (unpaired) electrons. The van der Waals surface area contributed by atoms with Crippen molar-refractivity contribution in [2.45, 2.75) is 31.6 Å². The molecule has 0 spiro atoms. The number of piperidine rings is 1. The fourth-order valence-corrected chi connectivity index (χ4v) is 4.39. The molecule has 1 aliphatic heterocycles. The van der Waals surface area contributed by atoms with E-state index < -0.39 is 0 Å². The number of ether oxygens (including phenoxy) is 1. The van der Waals surface area contributed by atoms with Gasteiger partial charge in [0.2, 0.25) is 5.88 Å². The largest absolute Gasteiger partial charge is 0.476 e. The van der Waals surface area contributed by atoms with Gasteiger partial charge >= 0.3 is 0 Å². The molecule has 0 bridgehead atoms. The molecule has 0 unspecified atom stereocenters. The minimum atomic E-state index is 0.562. The smallest absolute Gasteiger partial charge is 0.233 e. The van der Waals surface area contributed by atoms with Crippen LogP contribution < -0.4 is 9.64 Å². The summed E-state index contributed by atoms with van der Waals surface area (Å²) < 4.78 is 7.08. The molecule has 5 rings (SSSR count). The third-order valence-electron chi connectivity index (χ3n) is 5.19. The number of aromatic nitrogens is 4. The zero-order valence-corrected chi connectivity index (χ0v) is 15.4. The van der Waals surface area contributed by atoms with Gasteiger partial charge in [-0.15, -0.1) is 5.10 Å². The number of fused-ring (bicyclic) bond motifs is 1. The molecule has 0 N–H and O–H groups in total. The molecule has 6 nitrogen and oxygen atoms in total. The molecular weight excluding hydrogens is 346 g/mol. The van der Waals surface area contributed by atoms with Crippen LogP contribution in [0.2, 0.25) is 0 Å². The van der Waals surface area contributed by atoms with Crippen molar-refractivity contribution in [3.63, 3.8) is 0 Å². The monoisotopic (exact) mass is 367 g/mol. The maximum Gasteiger partial charge on any atom is 0.233 e. The first-order valence-corrected chi connectivity index (χ1v) is 10.1. The topological polar surface area (TPSA) is 64.0 Å². The number of rotatable bonds is 5. The van der Waals surface area contributed by atoms with E-state index in [2.05, 4.69) is 26.1 Å². The Morgan fingerprint density at radius 3 is 2.69 bits per heavy atom. The molecule has 1 aliphatic carbocycles. The highest BCUT2D eigenvalue weighted by Gasteiger charge is 2.25. The number of hydrogen-bond donors (Lipinski definition) is 0. The van der Waals surface area contributed by atoms with Crippen LogP contribution in [0.1, 0.15) is 37.3 Å². The number of pyridine rings is 1. The second-order valence-electron chi connectivity index (χ2n) is 7.15. The van der Waals surface area contributed by atoms with Crippen LogP contribution in [0.25, 0.3) is 10.2 Å². The Hall–Kier alpha value is -2.28. The van der Waals surface area contributed by atoms with Crippen molar-refractivity contribution in [3.05, 3.63) is 36.3 Å². The second kappa shape index (κ2) is 6.79. The molecule has 1 saturated heterocycles. The van der Waals surface area contributed by atoms with Crippen LogP contribution in [0.5, 0.6) is 5.88 Å². The highest BCUT2D eigenvalue weighted by Crippen LogP contribution is 2.38. The normalized spacial score (nSPS) is 18.4. The average Bonchev–Trinajstić information content (AvgIpc) is 3.45. The summed E-state index contributed by atoms with van der Waals surface area (Å²) >= 11 is 1.75. The number of hydrogen-bond acceptors (Lipinski definition) is 7. The fourth-order valence-electron chi connectivity index (χ4n) is 3.40. The zero-order valence-electron chi connectivity index (χ0n) is 14.5. The number of thiazole rings is 1. The van der Waals surface area contributed by atoms with Gasteiger partial charge in [-0.1, -0.05) is 11.3 Å². The lowest BCUT2D eigenvalue weighted by Gasteiger charge is -2.31. The van der Waals surface area contributed by atoms with Gasteiger partial charge in [-0.2, -0.15) is 5.10 Å². The Balaban J connectivity index is 1.14. The summed E-state index contributed by atoms with van der Waals surface area (Å²) in [5.74, 6) is 1.85. The van der Waals surface area contributed by atoms with Gasteiger partial charge in [0, 0.05) is 31.3 Å². The molecule has 26 heavy (non-hydrogen) atoms. The lowest BCUT2D eigenvalue weighted by atomic mass is 9.98. The third-order valence-corrected chi connectivity index (χ3v) is 6.28. The molecule has 134 valence electrons. The van der Waals surface area contributed by atoms with E-state index in [9.17, 15) is 0 Å². The lowest BCUT2D eigenvalue weighted by molar-refractivity contribution is 0.214. The van der Waals surface area contributed by atoms with Gasteiger partial charge in [-0.25, -0.2) is 4.98 Å². The molecule has 0 amide bonds. The molecule has 2 aliphatic rings. The maximum atomic E-state index is 5.88. The van der Waals surface area contributed by atoms with Crippen LogP contribution in [0.3, 0.4) is 0 Å². The average molecular weight is 367 g/mol. The predicted molar refractivity (Wildman–Crippen MR) is 102 cm³/mol. The summed E-state index contributed by atoms with van der Waals surface area (Å²) in [5, 5.41) is 9.60.